The number of rotatable bonds is 1. The zero-order chi connectivity index (χ0) is 6.97. The lowest BCUT2D eigenvalue weighted by Crippen LogP contribution is -1.85. The lowest BCUT2D eigenvalue weighted by molar-refractivity contribution is 0.423. The van der Waals surface area contributed by atoms with Crippen molar-refractivity contribution >= 4 is 11.8 Å². The minimum Gasteiger partial charge on any atom is -0.317 e. The molecular formula is C6H5N3O. The van der Waals surface area contributed by atoms with Gasteiger partial charge in [-0.1, -0.05) is 6.58 Å². The van der Waals surface area contributed by atoms with Crippen LogP contribution in [0.1, 0.15) is 5.69 Å². The van der Waals surface area contributed by atoms with E-state index in [4.69, 9.17) is 4.52 Å². The molecule has 10 heavy (non-hydrogen) atoms. The molecule has 2 heterocycles. The van der Waals surface area contributed by atoms with Crippen LogP contribution in [-0.4, -0.2) is 15.0 Å². The summed E-state index contributed by atoms with van der Waals surface area (Å²) in [6.45, 7) is 3.60. The molecule has 0 aliphatic carbocycles. The molecule has 0 radical (unpaired) electrons. The van der Waals surface area contributed by atoms with Gasteiger partial charge in [0.2, 0.25) is 0 Å². The third-order valence-electron chi connectivity index (χ3n) is 1.32. The first kappa shape index (κ1) is 5.22. The third-order valence-corrected chi connectivity index (χ3v) is 1.32. The normalized spacial score (nSPS) is 10.4. The summed E-state index contributed by atoms with van der Waals surface area (Å²) in [5, 5.41) is 7.04. The zero-order valence-corrected chi connectivity index (χ0v) is 5.19. The van der Waals surface area contributed by atoms with Gasteiger partial charge in [0.1, 0.15) is 0 Å². The van der Waals surface area contributed by atoms with Crippen molar-refractivity contribution in [2.45, 2.75) is 0 Å². The molecular weight excluding hydrogens is 130 g/mol. The Hall–Kier alpha value is -1.58. The van der Waals surface area contributed by atoms with Gasteiger partial charge in [-0.15, -0.1) is 0 Å². The van der Waals surface area contributed by atoms with Crippen molar-refractivity contribution in [3.63, 3.8) is 0 Å². The van der Waals surface area contributed by atoms with Gasteiger partial charge in [-0.25, -0.2) is 0 Å². The molecule has 0 aliphatic rings. The summed E-state index contributed by atoms with van der Waals surface area (Å²) in [6.07, 6.45) is 1.69. The summed E-state index contributed by atoms with van der Waals surface area (Å²) in [5.41, 5.74) is 1.52. The largest absolute Gasteiger partial charge is 0.317 e. The third kappa shape index (κ3) is 0.500. The van der Waals surface area contributed by atoms with E-state index in [9.17, 15) is 0 Å². The van der Waals surface area contributed by atoms with Crippen LogP contribution >= 0.6 is 0 Å². The molecule has 0 atom stereocenters. The van der Waals surface area contributed by atoms with E-state index in [2.05, 4.69) is 17.1 Å². The molecule has 0 bridgehead atoms. The van der Waals surface area contributed by atoms with Gasteiger partial charge in [0, 0.05) is 6.07 Å². The highest BCUT2D eigenvalue weighted by atomic mass is 16.5. The van der Waals surface area contributed by atoms with Crippen molar-refractivity contribution in [2.24, 2.45) is 0 Å². The summed E-state index contributed by atoms with van der Waals surface area (Å²) in [4.78, 5) is 0. The van der Waals surface area contributed by atoms with Crippen molar-refractivity contribution in [2.75, 3.05) is 0 Å². The minimum atomic E-state index is 0.634. The van der Waals surface area contributed by atoms with Crippen LogP contribution in [0.4, 0.5) is 0 Å². The Balaban J connectivity index is 2.88. The summed E-state index contributed by atoms with van der Waals surface area (Å²) >= 11 is 0. The zero-order valence-electron chi connectivity index (χ0n) is 5.19. The van der Waals surface area contributed by atoms with E-state index in [0.717, 1.165) is 5.69 Å². The van der Waals surface area contributed by atoms with Gasteiger partial charge in [0.25, 0.3) is 5.71 Å². The van der Waals surface area contributed by atoms with Crippen LogP contribution in [0.2, 0.25) is 0 Å². The molecule has 0 aliphatic heterocycles. The van der Waals surface area contributed by atoms with Crippen molar-refractivity contribution in [3.05, 3.63) is 24.4 Å². The van der Waals surface area contributed by atoms with Gasteiger partial charge in [0.15, 0.2) is 0 Å². The molecule has 0 unspecified atom stereocenters. The van der Waals surface area contributed by atoms with Gasteiger partial charge >= 0.3 is 0 Å². The summed E-state index contributed by atoms with van der Waals surface area (Å²) < 4.78 is 6.33. The maximum Gasteiger partial charge on any atom is 0.253 e. The average molecular weight is 135 g/mol. The number of hydrogen-bond donors (Lipinski definition) is 0. The fraction of sp³-hybridized carbons (Fsp3) is 0. The molecule has 2 rings (SSSR count). The average Bonchev–Trinajstić information content (AvgIpc) is 2.44. The highest BCUT2D eigenvalue weighted by Gasteiger charge is 2.00. The van der Waals surface area contributed by atoms with Crippen LogP contribution in [0.3, 0.4) is 0 Å². The van der Waals surface area contributed by atoms with E-state index in [1.54, 1.807) is 16.7 Å². The van der Waals surface area contributed by atoms with Gasteiger partial charge in [-0.3, -0.25) is 0 Å². The highest BCUT2D eigenvalue weighted by Crippen LogP contribution is 2.06. The topological polar surface area (TPSA) is 43.3 Å². The van der Waals surface area contributed by atoms with E-state index >= 15 is 0 Å². The first-order valence-electron chi connectivity index (χ1n) is 2.84. The smallest absolute Gasteiger partial charge is 0.253 e. The van der Waals surface area contributed by atoms with Crippen LogP contribution in [0.5, 0.6) is 0 Å². The molecule has 0 amide bonds. The van der Waals surface area contributed by atoms with Gasteiger partial charge < -0.3 is 4.52 Å². The van der Waals surface area contributed by atoms with Crippen molar-refractivity contribution in [1.29, 1.82) is 0 Å². The summed E-state index contributed by atoms with van der Waals surface area (Å²) in [6, 6.07) is 3.65. The molecule has 0 spiro atoms. The van der Waals surface area contributed by atoms with E-state index in [-0.39, 0.29) is 0 Å². The first-order valence-corrected chi connectivity index (χ1v) is 2.84. The van der Waals surface area contributed by atoms with E-state index in [1.807, 2.05) is 6.07 Å². The second-order valence-corrected chi connectivity index (χ2v) is 1.87. The standard InChI is InChI=1S/C6H5N3O/c1-2-5-3-4-6-9(5)7-8-10-6/h2-4H,1H2. The SMILES string of the molecule is C=Cc1ccc2onnn12. The van der Waals surface area contributed by atoms with E-state index in [1.165, 1.54) is 0 Å². The quantitative estimate of drug-likeness (QED) is 0.585. The molecule has 2 aromatic heterocycles. The highest BCUT2D eigenvalue weighted by molar-refractivity contribution is 5.49. The fourth-order valence-electron chi connectivity index (χ4n) is 0.841. The Labute approximate surface area is 56.7 Å². The van der Waals surface area contributed by atoms with Crippen LogP contribution in [0.25, 0.3) is 11.8 Å². The van der Waals surface area contributed by atoms with Gasteiger partial charge in [0.05, 0.1) is 11.0 Å². The maximum absolute atomic E-state index is 4.75. The molecule has 0 aromatic carbocycles. The second kappa shape index (κ2) is 1.70. The van der Waals surface area contributed by atoms with Crippen molar-refractivity contribution in [3.8, 4) is 0 Å². The predicted molar refractivity (Wildman–Crippen MR) is 35.3 cm³/mol. The Bertz CT molecular complexity index is 360. The molecule has 0 N–H and O–H groups in total. The van der Waals surface area contributed by atoms with Gasteiger partial charge in [-0.2, -0.15) is 4.52 Å². The second-order valence-electron chi connectivity index (χ2n) is 1.87. The molecule has 2 aromatic rings. The van der Waals surface area contributed by atoms with E-state index in [0.29, 0.717) is 5.71 Å². The van der Waals surface area contributed by atoms with Crippen LogP contribution < -0.4 is 0 Å². The lowest BCUT2D eigenvalue weighted by atomic mass is 10.4. The number of aromatic nitrogens is 3. The predicted octanol–water partition coefficient (Wildman–Crippen LogP) is 0.965. The Morgan fingerprint density at radius 3 is 3.30 bits per heavy atom. The Kier molecular flexibility index (Phi) is 0.887. The first-order chi connectivity index (χ1) is 4.92. The number of fused-ring (bicyclic) bond motifs is 1. The van der Waals surface area contributed by atoms with Crippen LogP contribution in [0, 0.1) is 0 Å². The molecule has 4 heteroatoms. The van der Waals surface area contributed by atoms with Crippen molar-refractivity contribution < 1.29 is 4.52 Å². The molecule has 0 fully saturated rings. The molecule has 50 valence electrons. The number of nitrogens with zero attached hydrogens (tertiary/aromatic N) is 3. The summed E-state index contributed by atoms with van der Waals surface area (Å²) in [5.74, 6) is 0. The van der Waals surface area contributed by atoms with E-state index < -0.39 is 0 Å². The Morgan fingerprint density at radius 1 is 1.60 bits per heavy atom. The Morgan fingerprint density at radius 2 is 2.50 bits per heavy atom. The molecule has 0 saturated carbocycles. The minimum absolute atomic E-state index is 0.634. The fourth-order valence-corrected chi connectivity index (χ4v) is 0.841. The summed E-state index contributed by atoms with van der Waals surface area (Å²) in [7, 11) is 0. The molecule has 0 saturated heterocycles. The number of hydrogen-bond acceptors (Lipinski definition) is 3. The van der Waals surface area contributed by atoms with Crippen LogP contribution in [-0.2, 0) is 0 Å². The maximum atomic E-state index is 4.75. The monoisotopic (exact) mass is 135 g/mol. The van der Waals surface area contributed by atoms with Crippen molar-refractivity contribution in [1.82, 2.24) is 15.0 Å². The van der Waals surface area contributed by atoms with Crippen LogP contribution in [0.15, 0.2) is 23.2 Å². The lowest BCUT2D eigenvalue weighted by Gasteiger charge is -1.80. The molecule has 4 nitrogen and oxygen atoms in total. The van der Waals surface area contributed by atoms with Gasteiger partial charge in [-0.05, 0) is 17.4 Å².